The topological polar surface area (TPSA) is 87.7 Å². The lowest BCUT2D eigenvalue weighted by atomic mass is 9.79. The van der Waals surface area contributed by atoms with E-state index < -0.39 is 23.6 Å². The number of alkyl halides is 2. The number of likely N-dealkylation sites (tertiary alicyclic amines) is 1. The fourth-order valence-electron chi connectivity index (χ4n) is 3.84. The average molecular weight is 393 g/mol. The molecule has 2 heterocycles. The Kier molecular flexibility index (Phi) is 4.28. The second-order valence-electron chi connectivity index (χ2n) is 7.77. The van der Waals surface area contributed by atoms with Gasteiger partial charge in [0, 0.05) is 18.7 Å². The molecule has 1 aliphatic carbocycles. The lowest BCUT2D eigenvalue weighted by molar-refractivity contribution is -0.125. The van der Waals surface area contributed by atoms with E-state index in [0.717, 1.165) is 0 Å². The molecule has 1 aromatic rings. The van der Waals surface area contributed by atoms with E-state index in [1.807, 2.05) is 0 Å². The maximum Gasteiger partial charge on any atom is 0.322 e. The summed E-state index contributed by atoms with van der Waals surface area (Å²) in [5.41, 5.74) is -0.498. The Morgan fingerprint density at radius 1 is 1.18 bits per heavy atom. The smallest absolute Gasteiger partial charge is 0.322 e. The fraction of sp³-hybridized carbons (Fsp3) is 0.526. The lowest BCUT2D eigenvalue weighted by Crippen LogP contribution is -2.54. The normalized spacial score (nSPS) is 29.2. The summed E-state index contributed by atoms with van der Waals surface area (Å²) >= 11 is 0. The van der Waals surface area contributed by atoms with Gasteiger partial charge in [0.1, 0.15) is 11.3 Å². The number of imide groups is 1. The van der Waals surface area contributed by atoms with Crippen LogP contribution in [-0.2, 0) is 4.79 Å². The highest BCUT2D eigenvalue weighted by atomic mass is 19.3. The number of halogens is 2. The second kappa shape index (κ2) is 6.42. The maximum atomic E-state index is 12.9. The van der Waals surface area contributed by atoms with Gasteiger partial charge in [0.05, 0.1) is 6.42 Å². The molecule has 0 aromatic heterocycles. The molecule has 0 spiro atoms. The van der Waals surface area contributed by atoms with E-state index in [1.54, 1.807) is 24.0 Å². The van der Waals surface area contributed by atoms with Crippen molar-refractivity contribution < 1.29 is 27.9 Å². The van der Waals surface area contributed by atoms with Crippen LogP contribution in [-0.4, -0.2) is 53.4 Å². The minimum absolute atomic E-state index is 0.0565. The molecule has 2 saturated heterocycles. The van der Waals surface area contributed by atoms with Crippen LogP contribution in [0.4, 0.5) is 13.6 Å². The summed E-state index contributed by atoms with van der Waals surface area (Å²) in [5.74, 6) is -3.00. The number of amides is 4. The zero-order chi connectivity index (χ0) is 20.1. The number of ether oxygens (including phenoxy) is 1. The Hall–Kier alpha value is -2.71. The first-order chi connectivity index (χ1) is 13.2. The van der Waals surface area contributed by atoms with E-state index in [9.17, 15) is 23.2 Å². The Bertz CT molecular complexity index is 821. The molecule has 2 atom stereocenters. The molecule has 7 nitrogen and oxygen atoms in total. The summed E-state index contributed by atoms with van der Waals surface area (Å²) in [6, 6.07) is 5.69. The van der Waals surface area contributed by atoms with Crippen molar-refractivity contribution in [2.75, 3.05) is 13.1 Å². The van der Waals surface area contributed by atoms with Crippen molar-refractivity contribution in [1.29, 1.82) is 0 Å². The van der Waals surface area contributed by atoms with Gasteiger partial charge in [-0.1, -0.05) is 0 Å². The number of nitrogens with zero attached hydrogens (tertiary/aromatic N) is 1. The van der Waals surface area contributed by atoms with Crippen molar-refractivity contribution in [3.05, 3.63) is 29.8 Å². The van der Waals surface area contributed by atoms with Crippen LogP contribution in [0, 0.1) is 5.92 Å². The molecule has 2 aliphatic heterocycles. The van der Waals surface area contributed by atoms with E-state index >= 15 is 0 Å². The molecule has 4 amide bonds. The lowest BCUT2D eigenvalue weighted by Gasteiger charge is -2.38. The van der Waals surface area contributed by atoms with Crippen LogP contribution in [0.2, 0.25) is 0 Å². The van der Waals surface area contributed by atoms with E-state index in [-0.39, 0.29) is 24.2 Å². The van der Waals surface area contributed by atoms with E-state index in [0.29, 0.717) is 37.2 Å². The molecule has 9 heteroatoms. The highest BCUT2D eigenvalue weighted by Gasteiger charge is 2.59. The first-order valence-electron chi connectivity index (χ1n) is 9.26. The van der Waals surface area contributed by atoms with Crippen LogP contribution in [0.1, 0.15) is 36.5 Å². The van der Waals surface area contributed by atoms with Crippen molar-refractivity contribution in [3.63, 3.8) is 0 Å². The Balaban J connectivity index is 1.34. The first-order valence-corrected chi connectivity index (χ1v) is 9.26. The van der Waals surface area contributed by atoms with Crippen LogP contribution in [0.25, 0.3) is 0 Å². The van der Waals surface area contributed by atoms with Crippen LogP contribution < -0.4 is 15.4 Å². The minimum Gasteiger partial charge on any atom is -0.484 e. The molecule has 4 rings (SSSR count). The molecule has 0 bridgehead atoms. The zero-order valence-electron chi connectivity index (χ0n) is 15.3. The van der Waals surface area contributed by atoms with Gasteiger partial charge in [0.15, 0.2) is 6.10 Å². The largest absolute Gasteiger partial charge is 0.484 e. The number of benzene rings is 1. The van der Waals surface area contributed by atoms with Crippen molar-refractivity contribution in [2.45, 2.75) is 43.8 Å². The number of urea groups is 1. The number of carbonyl (C=O) groups excluding carboxylic acids is 3. The van der Waals surface area contributed by atoms with Crippen LogP contribution in [0.15, 0.2) is 24.3 Å². The average Bonchev–Trinajstić information content (AvgIpc) is 3.16. The monoisotopic (exact) mass is 393 g/mol. The van der Waals surface area contributed by atoms with E-state index in [1.165, 1.54) is 12.1 Å². The van der Waals surface area contributed by atoms with Gasteiger partial charge in [-0.15, -0.1) is 0 Å². The van der Waals surface area contributed by atoms with E-state index in [2.05, 4.69) is 10.6 Å². The first kappa shape index (κ1) is 18.6. The van der Waals surface area contributed by atoms with Crippen LogP contribution in [0.3, 0.4) is 0 Å². The number of hydrogen-bond acceptors (Lipinski definition) is 4. The molecule has 2 N–H and O–H groups in total. The summed E-state index contributed by atoms with van der Waals surface area (Å²) in [7, 11) is 0. The molecule has 1 saturated carbocycles. The van der Waals surface area contributed by atoms with E-state index in [4.69, 9.17) is 4.74 Å². The standard InChI is InChI=1S/C19H21F2N3O4/c1-18(16(26)22-17(27)23-18)12-6-8-24(9-7-12)15(25)11-2-4-13(5-3-11)28-14-10-19(14,20)21/h2-5,12,14H,6-10H2,1H3,(H2,22,23,26,27). The number of nitrogens with one attached hydrogen (secondary N) is 2. The Morgan fingerprint density at radius 3 is 2.29 bits per heavy atom. The summed E-state index contributed by atoms with van der Waals surface area (Å²) in [5, 5.41) is 4.95. The van der Waals surface area contributed by atoms with Gasteiger partial charge in [-0.25, -0.2) is 13.6 Å². The zero-order valence-corrected chi connectivity index (χ0v) is 15.3. The van der Waals surface area contributed by atoms with Crippen molar-refractivity contribution in [1.82, 2.24) is 15.5 Å². The molecule has 3 aliphatic rings. The molecule has 28 heavy (non-hydrogen) atoms. The molecule has 1 aromatic carbocycles. The van der Waals surface area contributed by atoms with Gasteiger partial charge in [-0.05, 0) is 49.9 Å². The molecular formula is C19H21F2N3O4. The highest BCUT2D eigenvalue weighted by molar-refractivity contribution is 6.07. The van der Waals surface area contributed by atoms with Crippen molar-refractivity contribution in [3.8, 4) is 5.75 Å². The SMILES string of the molecule is CC1(C2CCN(C(=O)c3ccc(OC4CC4(F)F)cc3)CC2)NC(=O)NC1=O. The molecular weight excluding hydrogens is 372 g/mol. The highest BCUT2D eigenvalue weighted by Crippen LogP contribution is 2.44. The van der Waals surface area contributed by atoms with Gasteiger partial charge < -0.3 is 15.0 Å². The molecule has 3 fully saturated rings. The number of piperidine rings is 1. The Morgan fingerprint density at radius 2 is 1.79 bits per heavy atom. The van der Waals surface area contributed by atoms with Gasteiger partial charge in [-0.3, -0.25) is 14.9 Å². The van der Waals surface area contributed by atoms with Crippen molar-refractivity contribution in [2.24, 2.45) is 5.92 Å². The molecule has 150 valence electrons. The number of carbonyl (C=O) groups is 3. The van der Waals surface area contributed by atoms with Crippen LogP contribution >= 0.6 is 0 Å². The predicted octanol–water partition coefficient (Wildman–Crippen LogP) is 1.92. The maximum absolute atomic E-state index is 12.9. The third kappa shape index (κ3) is 3.29. The van der Waals surface area contributed by atoms with Gasteiger partial charge >= 0.3 is 6.03 Å². The quantitative estimate of drug-likeness (QED) is 0.766. The van der Waals surface area contributed by atoms with Gasteiger partial charge in [-0.2, -0.15) is 0 Å². The summed E-state index contributed by atoms with van der Waals surface area (Å²) in [4.78, 5) is 37.9. The molecule has 2 unspecified atom stereocenters. The molecule has 0 radical (unpaired) electrons. The fourth-order valence-corrected chi connectivity index (χ4v) is 3.84. The van der Waals surface area contributed by atoms with Crippen LogP contribution in [0.5, 0.6) is 5.75 Å². The van der Waals surface area contributed by atoms with Gasteiger partial charge in [0.2, 0.25) is 0 Å². The van der Waals surface area contributed by atoms with Gasteiger partial charge in [0.25, 0.3) is 17.7 Å². The Labute approximate surface area is 160 Å². The third-order valence-electron chi connectivity index (χ3n) is 5.82. The summed E-state index contributed by atoms with van der Waals surface area (Å²) in [6.07, 6.45) is -0.176. The second-order valence-corrected chi connectivity index (χ2v) is 7.77. The number of hydrogen-bond donors (Lipinski definition) is 2. The summed E-state index contributed by atoms with van der Waals surface area (Å²) in [6.45, 7) is 2.64. The van der Waals surface area contributed by atoms with Crippen molar-refractivity contribution >= 4 is 17.8 Å². The predicted molar refractivity (Wildman–Crippen MR) is 94.1 cm³/mol. The minimum atomic E-state index is -2.76. The third-order valence-corrected chi connectivity index (χ3v) is 5.82. The number of rotatable bonds is 4. The summed E-state index contributed by atoms with van der Waals surface area (Å²) < 4.78 is 31.0.